The van der Waals surface area contributed by atoms with Crippen molar-refractivity contribution in [1.29, 1.82) is 0 Å². The second-order valence-corrected chi connectivity index (χ2v) is 5.22. The maximum Gasteiger partial charge on any atom is 0.120 e. The van der Waals surface area contributed by atoms with E-state index in [1.807, 2.05) is 30.8 Å². The first-order valence-corrected chi connectivity index (χ1v) is 6.51. The third-order valence-electron chi connectivity index (χ3n) is 2.75. The van der Waals surface area contributed by atoms with Crippen molar-refractivity contribution in [2.45, 2.75) is 25.9 Å². The molecule has 15 heavy (non-hydrogen) atoms. The van der Waals surface area contributed by atoms with Crippen molar-refractivity contribution in [3.8, 4) is 5.75 Å². The zero-order chi connectivity index (χ0) is 10.7. The topological polar surface area (TPSA) is 32.3 Å². The minimum absolute atomic E-state index is 0.402. The molecule has 0 aliphatic carbocycles. The number of aromatic hydroxyl groups is 1. The zero-order valence-corrected chi connectivity index (χ0v) is 9.81. The van der Waals surface area contributed by atoms with Crippen molar-refractivity contribution >= 4 is 11.8 Å². The second kappa shape index (κ2) is 4.90. The minimum atomic E-state index is 0.402. The second-order valence-electron chi connectivity index (χ2n) is 4.07. The summed E-state index contributed by atoms with van der Waals surface area (Å²) in [4.78, 5) is 0. The van der Waals surface area contributed by atoms with Gasteiger partial charge in [0, 0.05) is 23.9 Å². The fourth-order valence-electron chi connectivity index (χ4n) is 1.81. The molecule has 1 saturated heterocycles. The van der Waals surface area contributed by atoms with Crippen LogP contribution in [0.15, 0.2) is 18.2 Å². The van der Waals surface area contributed by atoms with Crippen LogP contribution in [-0.2, 0) is 6.54 Å². The molecule has 0 aromatic heterocycles. The first-order chi connectivity index (χ1) is 7.25. The fraction of sp³-hybridized carbons (Fsp3) is 0.500. The maximum atomic E-state index is 9.66. The highest BCUT2D eigenvalue weighted by molar-refractivity contribution is 7.99. The van der Waals surface area contributed by atoms with Crippen LogP contribution in [0.1, 0.15) is 17.5 Å². The molecule has 2 rings (SSSR count). The van der Waals surface area contributed by atoms with E-state index in [0.29, 0.717) is 11.8 Å². The van der Waals surface area contributed by atoms with E-state index in [-0.39, 0.29) is 0 Å². The van der Waals surface area contributed by atoms with Gasteiger partial charge in [-0.25, -0.2) is 0 Å². The van der Waals surface area contributed by atoms with Crippen LogP contribution in [0, 0.1) is 6.92 Å². The van der Waals surface area contributed by atoms with E-state index in [1.165, 1.54) is 23.5 Å². The van der Waals surface area contributed by atoms with Gasteiger partial charge < -0.3 is 10.4 Å². The van der Waals surface area contributed by atoms with Gasteiger partial charge in [-0.3, -0.25) is 0 Å². The summed E-state index contributed by atoms with van der Waals surface area (Å²) in [5.74, 6) is 2.86. The molecule has 0 saturated carbocycles. The predicted molar refractivity (Wildman–Crippen MR) is 65.4 cm³/mol. The van der Waals surface area contributed by atoms with E-state index < -0.39 is 0 Å². The standard InChI is InChI=1S/C12H17NOS/c1-9-2-3-12(14)10(6-9)7-13-11-4-5-15-8-11/h2-3,6,11,13-14H,4-5,7-8H2,1H3. The molecular formula is C12H17NOS. The van der Waals surface area contributed by atoms with Gasteiger partial charge in [0.1, 0.15) is 5.75 Å². The van der Waals surface area contributed by atoms with Gasteiger partial charge in [-0.2, -0.15) is 11.8 Å². The summed E-state index contributed by atoms with van der Waals surface area (Å²) in [6.45, 7) is 2.83. The summed E-state index contributed by atoms with van der Waals surface area (Å²) in [6, 6.07) is 6.37. The van der Waals surface area contributed by atoms with Crippen LogP contribution in [0.5, 0.6) is 5.75 Å². The largest absolute Gasteiger partial charge is 0.508 e. The van der Waals surface area contributed by atoms with Gasteiger partial charge in [0.25, 0.3) is 0 Å². The Balaban J connectivity index is 1.94. The Hall–Kier alpha value is -0.670. The molecule has 1 fully saturated rings. The molecular weight excluding hydrogens is 206 g/mol. The van der Waals surface area contributed by atoms with Gasteiger partial charge in [-0.15, -0.1) is 0 Å². The van der Waals surface area contributed by atoms with Crippen LogP contribution in [0.3, 0.4) is 0 Å². The first kappa shape index (κ1) is 10.8. The number of nitrogens with one attached hydrogen (secondary N) is 1. The lowest BCUT2D eigenvalue weighted by atomic mass is 10.1. The molecule has 2 N–H and O–H groups in total. The molecule has 1 aliphatic rings. The summed E-state index contributed by atoms with van der Waals surface area (Å²) in [6.07, 6.45) is 1.25. The third kappa shape index (κ3) is 2.89. The summed E-state index contributed by atoms with van der Waals surface area (Å²) in [5, 5.41) is 13.1. The molecule has 82 valence electrons. The van der Waals surface area contributed by atoms with Gasteiger partial charge in [0.15, 0.2) is 0 Å². The zero-order valence-electron chi connectivity index (χ0n) is 8.99. The van der Waals surface area contributed by atoms with Gasteiger partial charge in [-0.1, -0.05) is 17.7 Å². The van der Waals surface area contributed by atoms with Crippen LogP contribution in [0.25, 0.3) is 0 Å². The fourth-order valence-corrected chi connectivity index (χ4v) is 2.99. The van der Waals surface area contributed by atoms with Gasteiger partial charge in [-0.05, 0) is 25.2 Å². The number of aryl methyl sites for hydroxylation is 1. The van der Waals surface area contributed by atoms with Crippen molar-refractivity contribution in [3.63, 3.8) is 0 Å². The normalized spacial score (nSPS) is 20.7. The molecule has 1 atom stereocenters. The quantitative estimate of drug-likeness (QED) is 0.824. The molecule has 1 heterocycles. The molecule has 0 bridgehead atoms. The molecule has 0 spiro atoms. The van der Waals surface area contributed by atoms with Crippen LogP contribution in [0.2, 0.25) is 0 Å². The third-order valence-corrected chi connectivity index (χ3v) is 3.91. The van der Waals surface area contributed by atoms with E-state index in [9.17, 15) is 5.11 Å². The Morgan fingerprint density at radius 1 is 1.53 bits per heavy atom. The molecule has 1 aliphatic heterocycles. The molecule has 0 radical (unpaired) electrons. The summed E-state index contributed by atoms with van der Waals surface area (Å²) in [5.41, 5.74) is 2.21. The van der Waals surface area contributed by atoms with Crippen LogP contribution in [-0.4, -0.2) is 22.7 Å². The molecule has 1 unspecified atom stereocenters. The average Bonchev–Trinajstić information content (AvgIpc) is 2.72. The Morgan fingerprint density at radius 3 is 3.13 bits per heavy atom. The SMILES string of the molecule is Cc1ccc(O)c(CNC2CCSC2)c1. The minimum Gasteiger partial charge on any atom is -0.508 e. The number of hydrogen-bond donors (Lipinski definition) is 2. The van der Waals surface area contributed by atoms with Crippen molar-refractivity contribution in [2.24, 2.45) is 0 Å². The Kier molecular flexibility index (Phi) is 3.54. The van der Waals surface area contributed by atoms with Crippen LogP contribution >= 0.6 is 11.8 Å². The number of phenolic OH excluding ortho intramolecular Hbond substituents is 1. The van der Waals surface area contributed by atoms with E-state index >= 15 is 0 Å². The van der Waals surface area contributed by atoms with Crippen LogP contribution < -0.4 is 5.32 Å². The van der Waals surface area contributed by atoms with Gasteiger partial charge in [0.2, 0.25) is 0 Å². The maximum absolute atomic E-state index is 9.66. The van der Waals surface area contributed by atoms with Crippen LogP contribution in [0.4, 0.5) is 0 Å². The smallest absolute Gasteiger partial charge is 0.120 e. The van der Waals surface area contributed by atoms with E-state index in [0.717, 1.165) is 12.1 Å². The number of benzene rings is 1. The lowest BCUT2D eigenvalue weighted by Crippen LogP contribution is -2.27. The number of thioether (sulfide) groups is 1. The predicted octanol–water partition coefficient (Wildman–Crippen LogP) is 2.30. The van der Waals surface area contributed by atoms with E-state index in [2.05, 4.69) is 5.32 Å². The average molecular weight is 223 g/mol. The number of rotatable bonds is 3. The van der Waals surface area contributed by atoms with Crippen molar-refractivity contribution in [3.05, 3.63) is 29.3 Å². The Labute approximate surface area is 95.1 Å². The highest BCUT2D eigenvalue weighted by Crippen LogP contribution is 2.20. The highest BCUT2D eigenvalue weighted by Gasteiger charge is 2.14. The molecule has 2 nitrogen and oxygen atoms in total. The van der Waals surface area contributed by atoms with Crippen molar-refractivity contribution < 1.29 is 5.11 Å². The molecule has 3 heteroatoms. The Morgan fingerprint density at radius 2 is 2.40 bits per heavy atom. The summed E-state index contributed by atoms with van der Waals surface area (Å²) < 4.78 is 0. The number of phenols is 1. The number of hydrogen-bond acceptors (Lipinski definition) is 3. The summed E-state index contributed by atoms with van der Waals surface area (Å²) >= 11 is 2.00. The lowest BCUT2D eigenvalue weighted by Gasteiger charge is -2.12. The lowest BCUT2D eigenvalue weighted by molar-refractivity contribution is 0.459. The van der Waals surface area contributed by atoms with Crippen molar-refractivity contribution in [2.75, 3.05) is 11.5 Å². The van der Waals surface area contributed by atoms with E-state index in [4.69, 9.17) is 0 Å². The first-order valence-electron chi connectivity index (χ1n) is 5.35. The highest BCUT2D eigenvalue weighted by atomic mass is 32.2. The van der Waals surface area contributed by atoms with Gasteiger partial charge in [0.05, 0.1) is 0 Å². The summed E-state index contributed by atoms with van der Waals surface area (Å²) in [7, 11) is 0. The van der Waals surface area contributed by atoms with Gasteiger partial charge >= 0.3 is 0 Å². The van der Waals surface area contributed by atoms with E-state index in [1.54, 1.807) is 6.07 Å². The Bertz CT molecular complexity index is 334. The van der Waals surface area contributed by atoms with Crippen molar-refractivity contribution in [1.82, 2.24) is 5.32 Å². The molecule has 0 amide bonds. The molecule has 1 aromatic rings. The molecule has 1 aromatic carbocycles. The monoisotopic (exact) mass is 223 g/mol.